The normalized spacial score (nSPS) is 10.4. The highest BCUT2D eigenvalue weighted by Gasteiger charge is 2.03. The predicted molar refractivity (Wildman–Crippen MR) is 42.1 cm³/mol. The number of rotatable bonds is 1. The van der Waals surface area contributed by atoms with E-state index in [1.807, 2.05) is 4.68 Å². The summed E-state index contributed by atoms with van der Waals surface area (Å²) in [7, 11) is 0. The summed E-state index contributed by atoms with van der Waals surface area (Å²) >= 11 is 0. The Morgan fingerprint density at radius 1 is 1.30 bits per heavy atom. The van der Waals surface area contributed by atoms with Crippen molar-refractivity contribution in [3.63, 3.8) is 0 Å². The zero-order valence-corrected chi connectivity index (χ0v) is 7.10. The number of hydrogen-bond acceptors (Lipinski definition) is 1. The molecule has 1 aromatic rings. The molecule has 2 heteroatoms. The number of hydrogen-bond donors (Lipinski definition) is 0. The number of aromatic nitrogens is 2. The second kappa shape index (κ2) is 2.45. The quantitative estimate of drug-likeness (QED) is 0.579. The van der Waals surface area contributed by atoms with Crippen LogP contribution in [0.5, 0.6) is 0 Å². The molecule has 0 aromatic carbocycles. The Kier molecular flexibility index (Phi) is 1.79. The Hall–Kier alpha value is -0.790. The molecule has 0 saturated heterocycles. The lowest BCUT2D eigenvalue weighted by Gasteiger charge is -1.96. The van der Waals surface area contributed by atoms with Crippen LogP contribution in [-0.2, 0) is 6.54 Å². The molecule has 0 bridgehead atoms. The van der Waals surface area contributed by atoms with E-state index in [1.165, 1.54) is 11.3 Å². The van der Waals surface area contributed by atoms with Crippen molar-refractivity contribution < 1.29 is 0 Å². The van der Waals surface area contributed by atoms with Crippen molar-refractivity contribution in [2.45, 2.75) is 34.2 Å². The van der Waals surface area contributed by atoms with E-state index in [0.717, 1.165) is 12.2 Å². The van der Waals surface area contributed by atoms with Gasteiger partial charge in [0.1, 0.15) is 0 Å². The molecular weight excluding hydrogens is 124 g/mol. The monoisotopic (exact) mass is 138 g/mol. The summed E-state index contributed by atoms with van der Waals surface area (Å²) in [6.45, 7) is 9.36. The van der Waals surface area contributed by atoms with Crippen LogP contribution in [0, 0.1) is 20.8 Å². The van der Waals surface area contributed by atoms with Gasteiger partial charge in [0.25, 0.3) is 0 Å². The van der Waals surface area contributed by atoms with Gasteiger partial charge in [-0.2, -0.15) is 5.10 Å². The second-order valence-electron chi connectivity index (χ2n) is 2.61. The minimum atomic E-state index is 0.973. The minimum absolute atomic E-state index is 0.973. The zero-order chi connectivity index (χ0) is 7.72. The summed E-state index contributed by atoms with van der Waals surface area (Å²) in [4.78, 5) is 0. The molecule has 0 radical (unpaired) electrons. The summed E-state index contributed by atoms with van der Waals surface area (Å²) in [6, 6.07) is 0. The Balaban J connectivity index is 3.17. The van der Waals surface area contributed by atoms with Gasteiger partial charge in [-0.1, -0.05) is 0 Å². The highest BCUT2D eigenvalue weighted by molar-refractivity contribution is 5.21. The van der Waals surface area contributed by atoms with E-state index >= 15 is 0 Å². The molecule has 1 heterocycles. The molecular formula is C8H14N2. The number of aryl methyl sites for hydroxylation is 2. The molecule has 0 aliphatic rings. The molecule has 0 spiro atoms. The van der Waals surface area contributed by atoms with Gasteiger partial charge in [-0.3, -0.25) is 4.68 Å². The Bertz CT molecular complexity index is 236. The molecule has 1 rings (SSSR count). The molecule has 0 amide bonds. The van der Waals surface area contributed by atoms with Gasteiger partial charge in [-0.15, -0.1) is 0 Å². The fourth-order valence-electron chi connectivity index (χ4n) is 1.09. The smallest absolute Gasteiger partial charge is 0.0625 e. The maximum absolute atomic E-state index is 4.34. The van der Waals surface area contributed by atoms with E-state index in [2.05, 4.69) is 32.8 Å². The molecule has 0 atom stereocenters. The van der Waals surface area contributed by atoms with Crippen molar-refractivity contribution in [3.05, 3.63) is 17.0 Å². The highest BCUT2D eigenvalue weighted by Crippen LogP contribution is 2.09. The number of nitrogens with zero attached hydrogens (tertiary/aromatic N) is 2. The van der Waals surface area contributed by atoms with Crippen LogP contribution in [0.15, 0.2) is 0 Å². The van der Waals surface area contributed by atoms with Crippen molar-refractivity contribution in [1.29, 1.82) is 0 Å². The van der Waals surface area contributed by atoms with Crippen LogP contribution in [0.3, 0.4) is 0 Å². The molecule has 0 aliphatic carbocycles. The van der Waals surface area contributed by atoms with Crippen LogP contribution in [0.25, 0.3) is 0 Å². The molecule has 0 N–H and O–H groups in total. The average molecular weight is 138 g/mol. The fraction of sp³-hybridized carbons (Fsp3) is 0.625. The first-order chi connectivity index (χ1) is 4.66. The summed E-state index contributed by atoms with van der Waals surface area (Å²) < 4.78 is 2.03. The average Bonchev–Trinajstić information content (AvgIpc) is 2.17. The van der Waals surface area contributed by atoms with Crippen LogP contribution < -0.4 is 0 Å². The minimum Gasteiger partial charge on any atom is -0.270 e. The van der Waals surface area contributed by atoms with E-state index in [9.17, 15) is 0 Å². The van der Waals surface area contributed by atoms with Crippen molar-refractivity contribution in [2.75, 3.05) is 0 Å². The molecule has 0 unspecified atom stereocenters. The topological polar surface area (TPSA) is 17.8 Å². The second-order valence-corrected chi connectivity index (χ2v) is 2.61. The van der Waals surface area contributed by atoms with E-state index in [1.54, 1.807) is 0 Å². The van der Waals surface area contributed by atoms with Crippen molar-refractivity contribution >= 4 is 0 Å². The summed E-state index contributed by atoms with van der Waals surface area (Å²) in [6.07, 6.45) is 0. The maximum Gasteiger partial charge on any atom is 0.0625 e. The van der Waals surface area contributed by atoms with Crippen LogP contribution in [0.1, 0.15) is 23.9 Å². The largest absolute Gasteiger partial charge is 0.270 e. The molecule has 2 nitrogen and oxygen atoms in total. The van der Waals surface area contributed by atoms with Crippen molar-refractivity contribution in [1.82, 2.24) is 9.78 Å². The molecule has 10 heavy (non-hydrogen) atoms. The summed E-state index contributed by atoms with van der Waals surface area (Å²) in [5.41, 5.74) is 3.77. The molecule has 1 aromatic heterocycles. The van der Waals surface area contributed by atoms with Gasteiger partial charge in [0.05, 0.1) is 5.69 Å². The Labute approximate surface area is 61.9 Å². The van der Waals surface area contributed by atoms with Gasteiger partial charge < -0.3 is 0 Å². The molecule has 0 fully saturated rings. The van der Waals surface area contributed by atoms with E-state index in [0.29, 0.717) is 0 Å². The first-order valence-corrected chi connectivity index (χ1v) is 3.67. The third-order valence-electron chi connectivity index (χ3n) is 2.04. The Morgan fingerprint density at radius 2 is 1.90 bits per heavy atom. The van der Waals surface area contributed by atoms with E-state index in [-0.39, 0.29) is 0 Å². The third kappa shape index (κ3) is 0.939. The SMILES string of the molecule is CCn1nc(C)c(C)c1C. The summed E-state index contributed by atoms with van der Waals surface area (Å²) in [5.74, 6) is 0. The van der Waals surface area contributed by atoms with Crippen molar-refractivity contribution in [3.8, 4) is 0 Å². The lowest BCUT2D eigenvalue weighted by molar-refractivity contribution is 0.634. The van der Waals surface area contributed by atoms with E-state index in [4.69, 9.17) is 0 Å². The Morgan fingerprint density at radius 3 is 2.10 bits per heavy atom. The van der Waals surface area contributed by atoms with Gasteiger partial charge >= 0.3 is 0 Å². The summed E-state index contributed by atoms with van der Waals surface area (Å²) in [5, 5.41) is 4.34. The van der Waals surface area contributed by atoms with Gasteiger partial charge in [-0.05, 0) is 33.3 Å². The van der Waals surface area contributed by atoms with Gasteiger partial charge in [0.15, 0.2) is 0 Å². The van der Waals surface area contributed by atoms with Gasteiger partial charge in [0.2, 0.25) is 0 Å². The molecule has 0 aliphatic heterocycles. The van der Waals surface area contributed by atoms with Crippen LogP contribution in [0.2, 0.25) is 0 Å². The van der Waals surface area contributed by atoms with Gasteiger partial charge in [-0.25, -0.2) is 0 Å². The molecule has 56 valence electrons. The van der Waals surface area contributed by atoms with Crippen LogP contribution >= 0.6 is 0 Å². The standard InChI is InChI=1S/C8H14N2/c1-5-10-8(4)6(2)7(3)9-10/h5H2,1-4H3. The maximum atomic E-state index is 4.34. The lowest BCUT2D eigenvalue weighted by atomic mass is 10.2. The third-order valence-corrected chi connectivity index (χ3v) is 2.04. The predicted octanol–water partition coefficient (Wildman–Crippen LogP) is 1.83. The van der Waals surface area contributed by atoms with Crippen molar-refractivity contribution in [2.24, 2.45) is 0 Å². The van der Waals surface area contributed by atoms with Gasteiger partial charge in [0, 0.05) is 12.2 Å². The first kappa shape index (κ1) is 7.32. The highest BCUT2D eigenvalue weighted by atomic mass is 15.3. The molecule has 0 saturated carbocycles. The van der Waals surface area contributed by atoms with Crippen LogP contribution in [-0.4, -0.2) is 9.78 Å². The fourth-order valence-corrected chi connectivity index (χ4v) is 1.09. The zero-order valence-electron chi connectivity index (χ0n) is 7.10. The van der Waals surface area contributed by atoms with E-state index < -0.39 is 0 Å². The lowest BCUT2D eigenvalue weighted by Crippen LogP contribution is -1.98. The van der Waals surface area contributed by atoms with Crippen LogP contribution in [0.4, 0.5) is 0 Å². The first-order valence-electron chi connectivity index (χ1n) is 3.67.